The smallest absolute Gasteiger partial charge is 0.0653 e. The van der Waals surface area contributed by atoms with Crippen molar-refractivity contribution in [2.24, 2.45) is 0 Å². The number of halogens is 3. The van der Waals surface area contributed by atoms with Crippen LogP contribution in [0.2, 0.25) is 15.1 Å². The monoisotopic (exact) mass is 325 g/mol. The lowest BCUT2D eigenvalue weighted by Gasteiger charge is -2.17. The van der Waals surface area contributed by atoms with Crippen molar-refractivity contribution in [2.45, 2.75) is 25.8 Å². The minimum absolute atomic E-state index is 0.277. The van der Waals surface area contributed by atoms with Crippen molar-refractivity contribution in [1.29, 1.82) is 0 Å². The molecule has 1 atom stereocenters. The van der Waals surface area contributed by atoms with Crippen LogP contribution in [0.5, 0.6) is 0 Å². The summed E-state index contributed by atoms with van der Waals surface area (Å²) in [5.41, 5.74) is 4.87. The molecule has 2 aromatic rings. The third-order valence-electron chi connectivity index (χ3n) is 3.72. The van der Waals surface area contributed by atoms with Gasteiger partial charge in [-0.2, -0.15) is 0 Å². The first kappa shape index (κ1) is 14.1. The van der Waals surface area contributed by atoms with Gasteiger partial charge < -0.3 is 5.32 Å². The summed E-state index contributed by atoms with van der Waals surface area (Å²) < 4.78 is 0. The molecule has 0 fully saturated rings. The van der Waals surface area contributed by atoms with Gasteiger partial charge in [-0.1, -0.05) is 58.6 Å². The van der Waals surface area contributed by atoms with Crippen LogP contribution in [0.25, 0.3) is 0 Å². The van der Waals surface area contributed by atoms with E-state index in [1.807, 2.05) is 0 Å². The Morgan fingerprint density at radius 3 is 2.55 bits per heavy atom. The second-order valence-electron chi connectivity index (χ2n) is 5.18. The Hall–Kier alpha value is -0.890. The van der Waals surface area contributed by atoms with Gasteiger partial charge in [-0.15, -0.1) is 0 Å². The lowest BCUT2D eigenvalue weighted by atomic mass is 10.0. The molecule has 1 nitrogen and oxygen atoms in total. The minimum atomic E-state index is 0.277. The fourth-order valence-corrected chi connectivity index (χ4v) is 3.29. The van der Waals surface area contributed by atoms with E-state index in [-0.39, 0.29) is 6.04 Å². The first-order chi connectivity index (χ1) is 9.54. The molecule has 4 heteroatoms. The summed E-state index contributed by atoms with van der Waals surface area (Å²) in [6, 6.07) is 10.4. The van der Waals surface area contributed by atoms with E-state index in [0.717, 1.165) is 18.5 Å². The molecule has 1 aliphatic carbocycles. The molecule has 104 valence electrons. The molecular formula is C16H14Cl3N. The normalized spacial score (nSPS) is 17.1. The molecular weight excluding hydrogens is 313 g/mol. The summed E-state index contributed by atoms with van der Waals surface area (Å²) in [4.78, 5) is 0. The van der Waals surface area contributed by atoms with Crippen LogP contribution in [0.3, 0.4) is 0 Å². The molecule has 2 aromatic carbocycles. The summed E-state index contributed by atoms with van der Waals surface area (Å²) in [6.45, 7) is 2.11. The van der Waals surface area contributed by atoms with Crippen LogP contribution in [-0.2, 0) is 6.42 Å². The Labute approximate surface area is 133 Å². The maximum atomic E-state index is 6.23. The van der Waals surface area contributed by atoms with Gasteiger partial charge in [-0.3, -0.25) is 0 Å². The van der Waals surface area contributed by atoms with Crippen LogP contribution in [0.4, 0.5) is 5.69 Å². The van der Waals surface area contributed by atoms with E-state index in [4.69, 9.17) is 34.8 Å². The largest absolute Gasteiger partial charge is 0.377 e. The number of anilines is 1. The Bertz CT molecular complexity index is 667. The number of nitrogens with one attached hydrogen (secondary N) is 1. The lowest BCUT2D eigenvalue weighted by molar-refractivity contribution is 0.762. The van der Waals surface area contributed by atoms with Crippen molar-refractivity contribution in [3.8, 4) is 0 Å². The Morgan fingerprint density at radius 1 is 1.00 bits per heavy atom. The molecule has 1 unspecified atom stereocenters. The Kier molecular flexibility index (Phi) is 3.85. The predicted molar refractivity (Wildman–Crippen MR) is 87.3 cm³/mol. The minimum Gasteiger partial charge on any atom is -0.377 e. The van der Waals surface area contributed by atoms with E-state index in [1.165, 1.54) is 16.7 Å². The van der Waals surface area contributed by atoms with Gasteiger partial charge >= 0.3 is 0 Å². The highest BCUT2D eigenvalue weighted by Gasteiger charge is 2.23. The van der Waals surface area contributed by atoms with Crippen molar-refractivity contribution in [3.63, 3.8) is 0 Å². The highest BCUT2D eigenvalue weighted by molar-refractivity contribution is 6.44. The number of hydrogen-bond donors (Lipinski definition) is 1. The zero-order valence-electron chi connectivity index (χ0n) is 11.0. The van der Waals surface area contributed by atoms with Crippen LogP contribution in [0.1, 0.15) is 29.2 Å². The zero-order chi connectivity index (χ0) is 14.3. The molecule has 0 spiro atoms. The average Bonchev–Trinajstić information content (AvgIpc) is 2.78. The number of rotatable bonds is 2. The Balaban J connectivity index is 1.91. The maximum Gasteiger partial charge on any atom is 0.0653 e. The second kappa shape index (κ2) is 5.48. The first-order valence-corrected chi connectivity index (χ1v) is 7.68. The van der Waals surface area contributed by atoms with E-state index in [9.17, 15) is 0 Å². The third-order valence-corrected chi connectivity index (χ3v) is 4.75. The van der Waals surface area contributed by atoms with Crippen molar-refractivity contribution in [3.05, 3.63) is 62.1 Å². The molecule has 20 heavy (non-hydrogen) atoms. The highest BCUT2D eigenvalue weighted by atomic mass is 35.5. The molecule has 0 bridgehead atoms. The van der Waals surface area contributed by atoms with Gasteiger partial charge in [0.1, 0.15) is 0 Å². The number of aryl methyl sites for hydroxylation is 2. The molecule has 1 aliphatic rings. The van der Waals surface area contributed by atoms with Gasteiger partial charge in [-0.25, -0.2) is 0 Å². The first-order valence-electron chi connectivity index (χ1n) is 6.55. The summed E-state index contributed by atoms with van der Waals surface area (Å²) in [6.07, 6.45) is 2.15. The van der Waals surface area contributed by atoms with Gasteiger partial charge in [-0.05, 0) is 43.0 Å². The van der Waals surface area contributed by atoms with Gasteiger partial charge in [0.15, 0.2) is 0 Å². The lowest BCUT2D eigenvalue weighted by Crippen LogP contribution is -2.07. The van der Waals surface area contributed by atoms with Crippen molar-refractivity contribution >= 4 is 40.5 Å². The number of hydrogen-bond acceptors (Lipinski definition) is 1. The number of benzene rings is 2. The molecule has 0 saturated heterocycles. The predicted octanol–water partition coefficient (Wildman–Crippen LogP) is 6.05. The quantitative estimate of drug-likeness (QED) is 0.662. The molecule has 0 saturated carbocycles. The molecule has 0 heterocycles. The van der Waals surface area contributed by atoms with Gasteiger partial charge in [0.25, 0.3) is 0 Å². The SMILES string of the molecule is Cc1ccc2c(c1)C(Nc1cc(Cl)c(Cl)cc1Cl)CC2. The summed E-state index contributed by atoms with van der Waals surface area (Å²) in [5, 5.41) is 5.07. The van der Waals surface area contributed by atoms with Crippen LogP contribution in [-0.4, -0.2) is 0 Å². The fraction of sp³-hybridized carbons (Fsp3) is 0.250. The molecule has 1 N–H and O–H groups in total. The van der Waals surface area contributed by atoms with Crippen molar-refractivity contribution < 1.29 is 0 Å². The van der Waals surface area contributed by atoms with Crippen LogP contribution < -0.4 is 5.32 Å². The van der Waals surface area contributed by atoms with E-state index >= 15 is 0 Å². The second-order valence-corrected chi connectivity index (χ2v) is 6.41. The summed E-state index contributed by atoms with van der Waals surface area (Å²) >= 11 is 18.3. The van der Waals surface area contributed by atoms with Crippen LogP contribution >= 0.6 is 34.8 Å². The van der Waals surface area contributed by atoms with E-state index in [1.54, 1.807) is 12.1 Å². The molecule has 0 aromatic heterocycles. The van der Waals surface area contributed by atoms with Gasteiger partial charge in [0.2, 0.25) is 0 Å². The third kappa shape index (κ3) is 2.63. The van der Waals surface area contributed by atoms with E-state index in [0.29, 0.717) is 15.1 Å². The van der Waals surface area contributed by atoms with Crippen molar-refractivity contribution in [1.82, 2.24) is 0 Å². The van der Waals surface area contributed by atoms with Gasteiger partial charge in [0, 0.05) is 0 Å². The summed E-state index contributed by atoms with van der Waals surface area (Å²) in [5.74, 6) is 0. The maximum absolute atomic E-state index is 6.23. The average molecular weight is 327 g/mol. The topological polar surface area (TPSA) is 12.0 Å². The molecule has 0 amide bonds. The van der Waals surface area contributed by atoms with Gasteiger partial charge in [0.05, 0.1) is 26.8 Å². The standard InChI is InChI=1S/C16H14Cl3N/c1-9-2-3-10-4-5-15(11(10)6-9)20-16-8-13(18)12(17)7-14(16)19/h2-3,6-8,15,20H,4-5H2,1H3. The Morgan fingerprint density at radius 2 is 1.75 bits per heavy atom. The van der Waals surface area contributed by atoms with E-state index < -0.39 is 0 Å². The number of fused-ring (bicyclic) bond motifs is 1. The van der Waals surface area contributed by atoms with Crippen molar-refractivity contribution in [2.75, 3.05) is 5.32 Å². The van der Waals surface area contributed by atoms with E-state index in [2.05, 4.69) is 30.4 Å². The highest BCUT2D eigenvalue weighted by Crippen LogP contribution is 2.38. The zero-order valence-corrected chi connectivity index (χ0v) is 13.3. The van der Waals surface area contributed by atoms with Crippen LogP contribution in [0.15, 0.2) is 30.3 Å². The molecule has 0 radical (unpaired) electrons. The van der Waals surface area contributed by atoms with Crippen LogP contribution in [0, 0.1) is 6.92 Å². The molecule has 3 rings (SSSR count). The fourth-order valence-electron chi connectivity index (χ4n) is 2.69. The molecule has 0 aliphatic heterocycles. The summed E-state index contributed by atoms with van der Waals surface area (Å²) in [7, 11) is 0.